The minimum atomic E-state index is 0.381. The van der Waals surface area contributed by atoms with Crippen LogP contribution in [-0.2, 0) is 13.2 Å². The second-order valence-electron chi connectivity index (χ2n) is 4.20. The Kier molecular flexibility index (Phi) is 5.29. The molecule has 0 aromatic heterocycles. The molecule has 106 valence electrons. The number of benzene rings is 2. The Morgan fingerprint density at radius 1 is 1.15 bits per heavy atom. The fourth-order valence-corrected chi connectivity index (χ4v) is 2.49. The first-order valence-electron chi connectivity index (χ1n) is 6.07. The van der Waals surface area contributed by atoms with Crippen LogP contribution in [0.15, 0.2) is 40.9 Å². The third-order valence-electron chi connectivity index (χ3n) is 2.89. The lowest BCUT2D eigenvalue weighted by Gasteiger charge is -2.13. The summed E-state index contributed by atoms with van der Waals surface area (Å²) in [6.45, 7) is 0.791. The number of rotatable bonds is 5. The molecule has 0 aliphatic carbocycles. The van der Waals surface area contributed by atoms with E-state index < -0.39 is 0 Å². The lowest BCUT2D eigenvalue weighted by atomic mass is 10.2. The van der Waals surface area contributed by atoms with E-state index in [1.54, 1.807) is 7.11 Å². The van der Waals surface area contributed by atoms with Gasteiger partial charge in [-0.2, -0.15) is 0 Å². The molecule has 2 rings (SSSR count). The predicted molar refractivity (Wildman–Crippen MR) is 84.4 cm³/mol. The van der Waals surface area contributed by atoms with Gasteiger partial charge in [-0.1, -0.05) is 39.7 Å². The summed E-state index contributed by atoms with van der Waals surface area (Å²) in [6.07, 6.45) is 0. The van der Waals surface area contributed by atoms with Gasteiger partial charge in [0.25, 0.3) is 0 Å². The van der Waals surface area contributed by atoms with Crippen LogP contribution in [0.3, 0.4) is 0 Å². The Morgan fingerprint density at radius 2 is 1.90 bits per heavy atom. The first kappa shape index (κ1) is 15.2. The van der Waals surface area contributed by atoms with Gasteiger partial charge in [-0.25, -0.2) is 0 Å². The van der Waals surface area contributed by atoms with Gasteiger partial charge in [0, 0.05) is 33.2 Å². The summed E-state index contributed by atoms with van der Waals surface area (Å²) in [5.41, 5.74) is 7.55. The molecule has 0 amide bonds. The molecule has 0 unspecified atom stereocenters. The van der Waals surface area contributed by atoms with Gasteiger partial charge in [0.1, 0.15) is 18.1 Å². The van der Waals surface area contributed by atoms with E-state index in [1.165, 1.54) is 0 Å². The minimum Gasteiger partial charge on any atom is -0.497 e. The summed E-state index contributed by atoms with van der Waals surface area (Å²) in [7, 11) is 1.62. The monoisotopic (exact) mass is 355 g/mol. The van der Waals surface area contributed by atoms with Crippen LogP contribution in [0.1, 0.15) is 11.1 Å². The summed E-state index contributed by atoms with van der Waals surface area (Å²) in [5.74, 6) is 1.45. The van der Waals surface area contributed by atoms with E-state index in [-0.39, 0.29) is 0 Å². The SMILES string of the molecule is COc1ccc(CN)c(OCc2ccc(Br)cc2Cl)c1. The molecule has 0 radical (unpaired) electrons. The Bertz CT molecular complexity index is 604. The molecule has 0 atom stereocenters. The lowest BCUT2D eigenvalue weighted by Crippen LogP contribution is -2.03. The number of hydrogen-bond acceptors (Lipinski definition) is 3. The van der Waals surface area contributed by atoms with Gasteiger partial charge in [-0.3, -0.25) is 0 Å². The van der Waals surface area contributed by atoms with Crippen molar-refractivity contribution in [1.82, 2.24) is 0 Å². The van der Waals surface area contributed by atoms with Crippen molar-refractivity contribution in [2.75, 3.05) is 7.11 Å². The van der Waals surface area contributed by atoms with E-state index in [1.807, 2.05) is 36.4 Å². The molecule has 0 bridgehead atoms. The quantitative estimate of drug-likeness (QED) is 0.875. The minimum absolute atomic E-state index is 0.381. The molecular weight excluding hydrogens is 342 g/mol. The molecule has 2 aromatic rings. The fraction of sp³-hybridized carbons (Fsp3) is 0.200. The van der Waals surface area contributed by atoms with Crippen LogP contribution in [0.2, 0.25) is 5.02 Å². The largest absolute Gasteiger partial charge is 0.497 e. The van der Waals surface area contributed by atoms with E-state index in [9.17, 15) is 0 Å². The second-order valence-corrected chi connectivity index (χ2v) is 5.53. The summed E-state index contributed by atoms with van der Waals surface area (Å²) >= 11 is 9.54. The Hall–Kier alpha value is -1.23. The van der Waals surface area contributed by atoms with Gasteiger partial charge in [-0.05, 0) is 18.2 Å². The van der Waals surface area contributed by atoms with E-state index in [4.69, 9.17) is 26.8 Å². The van der Waals surface area contributed by atoms with Crippen molar-refractivity contribution in [1.29, 1.82) is 0 Å². The van der Waals surface area contributed by atoms with Crippen LogP contribution in [0, 0.1) is 0 Å². The van der Waals surface area contributed by atoms with Crippen molar-refractivity contribution in [3.63, 3.8) is 0 Å². The third kappa shape index (κ3) is 3.66. The maximum Gasteiger partial charge on any atom is 0.127 e. The molecule has 0 heterocycles. The average molecular weight is 357 g/mol. The zero-order chi connectivity index (χ0) is 14.5. The van der Waals surface area contributed by atoms with Gasteiger partial charge in [0.2, 0.25) is 0 Å². The van der Waals surface area contributed by atoms with E-state index in [2.05, 4.69) is 15.9 Å². The molecular formula is C15H15BrClNO2. The molecule has 0 spiro atoms. The van der Waals surface area contributed by atoms with Crippen LogP contribution in [0.25, 0.3) is 0 Å². The van der Waals surface area contributed by atoms with Crippen LogP contribution in [-0.4, -0.2) is 7.11 Å². The third-order valence-corrected chi connectivity index (χ3v) is 3.74. The molecule has 0 aliphatic heterocycles. The lowest BCUT2D eigenvalue weighted by molar-refractivity contribution is 0.300. The maximum atomic E-state index is 6.17. The Labute approximate surface area is 131 Å². The van der Waals surface area contributed by atoms with Crippen molar-refractivity contribution >= 4 is 27.5 Å². The molecule has 0 saturated carbocycles. The Balaban J connectivity index is 2.17. The number of ether oxygens (including phenoxy) is 2. The predicted octanol–water partition coefficient (Wildman–Crippen LogP) is 4.15. The number of hydrogen-bond donors (Lipinski definition) is 1. The normalized spacial score (nSPS) is 10.4. The zero-order valence-electron chi connectivity index (χ0n) is 11.0. The van der Waals surface area contributed by atoms with Gasteiger partial charge in [-0.15, -0.1) is 0 Å². The van der Waals surface area contributed by atoms with Gasteiger partial charge in [0.05, 0.1) is 7.11 Å². The number of halogens is 2. The fourth-order valence-electron chi connectivity index (χ4n) is 1.76. The van der Waals surface area contributed by atoms with Gasteiger partial charge in [0.15, 0.2) is 0 Å². The Morgan fingerprint density at radius 3 is 2.55 bits per heavy atom. The van der Waals surface area contributed by atoms with Crippen LogP contribution in [0.5, 0.6) is 11.5 Å². The summed E-state index contributed by atoms with van der Waals surface area (Å²) < 4.78 is 12.0. The van der Waals surface area contributed by atoms with Gasteiger partial charge < -0.3 is 15.2 Å². The van der Waals surface area contributed by atoms with E-state index in [0.717, 1.165) is 21.3 Å². The highest BCUT2D eigenvalue weighted by molar-refractivity contribution is 9.10. The summed E-state index contributed by atoms with van der Waals surface area (Å²) in [4.78, 5) is 0. The van der Waals surface area contributed by atoms with Gasteiger partial charge >= 0.3 is 0 Å². The highest BCUT2D eigenvalue weighted by Crippen LogP contribution is 2.27. The molecule has 20 heavy (non-hydrogen) atoms. The van der Waals surface area contributed by atoms with Crippen molar-refractivity contribution < 1.29 is 9.47 Å². The maximum absolute atomic E-state index is 6.17. The highest BCUT2D eigenvalue weighted by Gasteiger charge is 2.07. The molecule has 0 aliphatic rings. The van der Waals surface area contributed by atoms with Crippen LogP contribution >= 0.6 is 27.5 Å². The molecule has 0 saturated heterocycles. The molecule has 0 fully saturated rings. The van der Waals surface area contributed by atoms with Crippen LogP contribution in [0.4, 0.5) is 0 Å². The van der Waals surface area contributed by atoms with Crippen molar-refractivity contribution in [2.45, 2.75) is 13.2 Å². The average Bonchev–Trinajstić information content (AvgIpc) is 2.46. The van der Waals surface area contributed by atoms with Crippen molar-refractivity contribution in [3.8, 4) is 11.5 Å². The first-order valence-corrected chi connectivity index (χ1v) is 7.25. The van der Waals surface area contributed by atoms with Crippen molar-refractivity contribution in [2.24, 2.45) is 5.73 Å². The van der Waals surface area contributed by atoms with Crippen LogP contribution < -0.4 is 15.2 Å². The van der Waals surface area contributed by atoms with E-state index in [0.29, 0.717) is 23.9 Å². The second kappa shape index (κ2) is 6.97. The molecule has 2 aromatic carbocycles. The van der Waals surface area contributed by atoms with Crippen molar-refractivity contribution in [3.05, 3.63) is 57.0 Å². The highest BCUT2D eigenvalue weighted by atomic mass is 79.9. The number of methoxy groups -OCH3 is 1. The zero-order valence-corrected chi connectivity index (χ0v) is 13.4. The smallest absolute Gasteiger partial charge is 0.127 e. The topological polar surface area (TPSA) is 44.5 Å². The molecule has 2 N–H and O–H groups in total. The molecule has 5 heteroatoms. The standard InChI is InChI=1S/C15H15BrClNO2/c1-19-13-5-3-10(8-18)15(7-13)20-9-11-2-4-12(16)6-14(11)17/h2-7H,8-9,18H2,1H3. The summed E-state index contributed by atoms with van der Waals surface area (Å²) in [6, 6.07) is 11.3. The number of nitrogens with two attached hydrogens (primary N) is 1. The molecule has 3 nitrogen and oxygen atoms in total. The summed E-state index contributed by atoms with van der Waals surface area (Å²) in [5, 5.41) is 0.663. The van der Waals surface area contributed by atoms with E-state index >= 15 is 0 Å². The first-order chi connectivity index (χ1) is 9.63.